The van der Waals surface area contributed by atoms with Crippen LogP contribution in [0.5, 0.6) is 5.75 Å². The van der Waals surface area contributed by atoms with Gasteiger partial charge in [-0.05, 0) is 61.4 Å². The van der Waals surface area contributed by atoms with Gasteiger partial charge in [-0.3, -0.25) is 25.2 Å². The van der Waals surface area contributed by atoms with E-state index >= 15 is 0 Å². The largest absolute Gasteiger partial charge is 0.483 e. The van der Waals surface area contributed by atoms with Crippen molar-refractivity contribution in [1.29, 1.82) is 0 Å². The summed E-state index contributed by atoms with van der Waals surface area (Å²) in [5.41, 5.74) is 7.35. The molecule has 2 aromatic carbocycles. The Labute approximate surface area is 165 Å². The smallest absolute Gasteiger partial charge is 0.276 e. The number of halogens is 1. The second-order valence-corrected chi connectivity index (χ2v) is 6.83. The van der Waals surface area contributed by atoms with Gasteiger partial charge in [-0.2, -0.15) is 0 Å². The quantitative estimate of drug-likeness (QED) is 0.631. The lowest BCUT2D eigenvalue weighted by Gasteiger charge is -2.13. The third-order valence-corrected chi connectivity index (χ3v) is 4.01. The van der Waals surface area contributed by atoms with Crippen LogP contribution in [0.15, 0.2) is 40.9 Å². The van der Waals surface area contributed by atoms with Crippen molar-refractivity contribution in [1.82, 2.24) is 10.9 Å². The number of hydrazine groups is 1. The van der Waals surface area contributed by atoms with Crippen molar-refractivity contribution in [2.75, 3.05) is 11.9 Å². The Morgan fingerprint density at radius 3 is 2.15 bits per heavy atom. The van der Waals surface area contributed by atoms with E-state index in [-0.39, 0.29) is 12.5 Å². The van der Waals surface area contributed by atoms with Gasteiger partial charge in [0.05, 0.1) is 0 Å². The summed E-state index contributed by atoms with van der Waals surface area (Å²) in [6, 6.07) is 10.1. The molecule has 0 unspecified atom stereocenters. The molecule has 142 valence electrons. The molecule has 0 bridgehead atoms. The molecule has 0 radical (unpaired) electrons. The number of ether oxygens (including phenoxy) is 1. The molecule has 0 fully saturated rings. The summed E-state index contributed by atoms with van der Waals surface area (Å²) in [4.78, 5) is 34.9. The van der Waals surface area contributed by atoms with Crippen molar-refractivity contribution in [2.45, 2.75) is 20.8 Å². The first-order valence-corrected chi connectivity index (χ1v) is 8.92. The van der Waals surface area contributed by atoms with Gasteiger partial charge in [0, 0.05) is 22.6 Å². The van der Waals surface area contributed by atoms with Gasteiger partial charge in [0.25, 0.3) is 11.8 Å². The van der Waals surface area contributed by atoms with Gasteiger partial charge in [0.1, 0.15) is 5.75 Å². The second-order valence-electron chi connectivity index (χ2n) is 5.92. The Bertz CT molecular complexity index is 843. The van der Waals surface area contributed by atoms with Crippen molar-refractivity contribution in [3.8, 4) is 5.75 Å². The summed E-state index contributed by atoms with van der Waals surface area (Å²) in [7, 11) is 0. The van der Waals surface area contributed by atoms with Crippen molar-refractivity contribution in [3.63, 3.8) is 0 Å². The highest BCUT2D eigenvalue weighted by Crippen LogP contribution is 2.27. The average molecular weight is 434 g/mol. The predicted molar refractivity (Wildman–Crippen MR) is 105 cm³/mol. The molecule has 3 amide bonds. The first kappa shape index (κ1) is 20.4. The number of benzene rings is 2. The molecular weight excluding hydrogens is 414 g/mol. The zero-order chi connectivity index (χ0) is 20.0. The van der Waals surface area contributed by atoms with Crippen molar-refractivity contribution >= 4 is 39.3 Å². The predicted octanol–water partition coefficient (Wildman–Crippen LogP) is 2.86. The minimum atomic E-state index is -0.486. The molecule has 3 N–H and O–H groups in total. The van der Waals surface area contributed by atoms with Crippen LogP contribution < -0.4 is 20.9 Å². The Morgan fingerprint density at radius 1 is 1.00 bits per heavy atom. The normalized spacial score (nSPS) is 10.1. The fourth-order valence-corrected chi connectivity index (χ4v) is 3.09. The van der Waals surface area contributed by atoms with E-state index in [0.717, 1.165) is 15.6 Å². The van der Waals surface area contributed by atoms with E-state index in [1.165, 1.54) is 19.1 Å². The molecule has 2 rings (SSSR count). The fourth-order valence-electron chi connectivity index (χ4n) is 2.41. The number of rotatable bonds is 5. The summed E-state index contributed by atoms with van der Waals surface area (Å²) < 4.78 is 6.49. The van der Waals surface area contributed by atoms with Crippen LogP contribution in [0.3, 0.4) is 0 Å². The van der Waals surface area contributed by atoms with Gasteiger partial charge in [-0.1, -0.05) is 15.9 Å². The van der Waals surface area contributed by atoms with Crippen LogP contribution in [-0.2, 0) is 9.59 Å². The summed E-state index contributed by atoms with van der Waals surface area (Å²) in [6.07, 6.45) is 0. The Hall–Kier alpha value is -2.87. The van der Waals surface area contributed by atoms with E-state index in [4.69, 9.17) is 4.74 Å². The Kier molecular flexibility index (Phi) is 6.95. The molecule has 0 aromatic heterocycles. The third-order valence-electron chi connectivity index (χ3n) is 3.56. The summed E-state index contributed by atoms with van der Waals surface area (Å²) in [5, 5.41) is 2.61. The van der Waals surface area contributed by atoms with Crippen molar-refractivity contribution in [2.24, 2.45) is 0 Å². The number of carbonyl (C=O) groups is 3. The molecule has 0 aliphatic heterocycles. The van der Waals surface area contributed by atoms with Crippen LogP contribution in [0.25, 0.3) is 0 Å². The summed E-state index contributed by atoms with van der Waals surface area (Å²) in [6.45, 7) is 4.94. The first-order valence-electron chi connectivity index (χ1n) is 8.12. The van der Waals surface area contributed by atoms with Gasteiger partial charge in [-0.15, -0.1) is 0 Å². The van der Waals surface area contributed by atoms with Gasteiger partial charge in [0.2, 0.25) is 5.91 Å². The third kappa shape index (κ3) is 6.10. The van der Waals surface area contributed by atoms with Crippen LogP contribution >= 0.6 is 15.9 Å². The number of amides is 3. The molecular formula is C19H20BrN3O4. The van der Waals surface area contributed by atoms with Crippen LogP contribution in [0.1, 0.15) is 28.4 Å². The molecule has 0 heterocycles. The topological polar surface area (TPSA) is 96.5 Å². The molecule has 0 atom stereocenters. The van der Waals surface area contributed by atoms with E-state index in [1.54, 1.807) is 12.1 Å². The molecule has 8 heteroatoms. The molecule has 0 saturated heterocycles. The molecule has 0 saturated carbocycles. The van der Waals surface area contributed by atoms with Gasteiger partial charge in [0.15, 0.2) is 6.61 Å². The second kappa shape index (κ2) is 9.18. The average Bonchev–Trinajstić information content (AvgIpc) is 2.58. The molecule has 0 aliphatic rings. The first-order chi connectivity index (χ1) is 12.8. The minimum Gasteiger partial charge on any atom is -0.483 e. The lowest BCUT2D eigenvalue weighted by atomic mass is 10.1. The lowest BCUT2D eigenvalue weighted by Crippen LogP contribution is -2.43. The SMILES string of the molecule is CC(=O)Nc1ccc(C(=O)NNC(=O)COc2c(C)cc(Br)cc2C)cc1. The van der Waals surface area contributed by atoms with E-state index in [9.17, 15) is 14.4 Å². The molecule has 27 heavy (non-hydrogen) atoms. The lowest BCUT2D eigenvalue weighted by molar-refractivity contribution is -0.123. The number of hydrogen-bond acceptors (Lipinski definition) is 4. The van der Waals surface area contributed by atoms with Gasteiger partial charge >= 0.3 is 0 Å². The van der Waals surface area contributed by atoms with Crippen LogP contribution in [0.2, 0.25) is 0 Å². The monoisotopic (exact) mass is 433 g/mol. The highest BCUT2D eigenvalue weighted by atomic mass is 79.9. The zero-order valence-corrected chi connectivity index (χ0v) is 16.8. The van der Waals surface area contributed by atoms with Crippen LogP contribution in [0, 0.1) is 13.8 Å². The summed E-state index contributed by atoms with van der Waals surface area (Å²) in [5.74, 6) is -0.530. The maximum absolute atomic E-state index is 12.0. The van der Waals surface area contributed by atoms with Crippen molar-refractivity contribution < 1.29 is 19.1 Å². The molecule has 0 aliphatic carbocycles. The number of aryl methyl sites for hydroxylation is 2. The highest BCUT2D eigenvalue weighted by Gasteiger charge is 2.11. The van der Waals surface area contributed by atoms with Crippen LogP contribution in [-0.4, -0.2) is 24.3 Å². The number of anilines is 1. The van der Waals surface area contributed by atoms with E-state index in [0.29, 0.717) is 17.0 Å². The van der Waals surface area contributed by atoms with E-state index in [2.05, 4.69) is 32.1 Å². The fraction of sp³-hybridized carbons (Fsp3) is 0.211. The molecule has 7 nitrogen and oxygen atoms in total. The van der Waals surface area contributed by atoms with Crippen LogP contribution in [0.4, 0.5) is 5.69 Å². The number of hydrogen-bond donors (Lipinski definition) is 3. The maximum atomic E-state index is 12.0. The minimum absolute atomic E-state index is 0.198. The van der Waals surface area contributed by atoms with Gasteiger partial charge in [-0.25, -0.2) is 0 Å². The summed E-state index contributed by atoms with van der Waals surface area (Å²) >= 11 is 3.40. The number of carbonyl (C=O) groups excluding carboxylic acids is 3. The van der Waals surface area contributed by atoms with Gasteiger partial charge < -0.3 is 10.1 Å². The standard InChI is InChI=1S/C19H20BrN3O4/c1-11-8-15(20)9-12(2)18(11)27-10-17(25)22-23-19(26)14-4-6-16(7-5-14)21-13(3)24/h4-9H,10H2,1-3H3,(H,21,24)(H,22,25)(H,23,26). The van der Waals surface area contributed by atoms with Crippen molar-refractivity contribution in [3.05, 3.63) is 57.6 Å². The Morgan fingerprint density at radius 2 is 1.59 bits per heavy atom. The van der Waals surface area contributed by atoms with E-state index < -0.39 is 11.8 Å². The molecule has 0 spiro atoms. The highest BCUT2D eigenvalue weighted by molar-refractivity contribution is 9.10. The maximum Gasteiger partial charge on any atom is 0.276 e. The van der Waals surface area contributed by atoms with E-state index in [1.807, 2.05) is 26.0 Å². The molecule has 2 aromatic rings. The number of nitrogens with one attached hydrogen (secondary N) is 3. The Balaban J connectivity index is 1.85. The zero-order valence-electron chi connectivity index (χ0n) is 15.2.